The number of ether oxygens (including phenoxy) is 1. The van der Waals surface area contributed by atoms with Gasteiger partial charge in [0.05, 0.1) is 0 Å². The van der Waals surface area contributed by atoms with E-state index in [0.717, 1.165) is 12.8 Å². The van der Waals surface area contributed by atoms with Gasteiger partial charge in [0.2, 0.25) is 6.54 Å². The average Bonchev–Trinajstić information content (AvgIpc) is 1.86. The van der Waals surface area contributed by atoms with Gasteiger partial charge in [-0.2, -0.15) is 0 Å². The SMILES string of the molecule is CCCCOC(Cl)C[N+](=O)[O-]. The molecule has 0 aliphatic rings. The summed E-state index contributed by atoms with van der Waals surface area (Å²) >= 11 is 5.45. The second-order valence-corrected chi connectivity index (χ2v) is 2.64. The quantitative estimate of drug-likeness (QED) is 0.271. The topological polar surface area (TPSA) is 52.4 Å². The van der Waals surface area contributed by atoms with Gasteiger partial charge in [0.25, 0.3) is 0 Å². The molecule has 0 aromatic rings. The molecular weight excluding hydrogens is 170 g/mol. The zero-order chi connectivity index (χ0) is 8.69. The molecule has 0 amide bonds. The van der Waals surface area contributed by atoms with E-state index in [1.165, 1.54) is 0 Å². The fourth-order valence-corrected chi connectivity index (χ4v) is 0.727. The number of unbranched alkanes of at least 4 members (excludes halogenated alkanes) is 1. The second kappa shape index (κ2) is 6.37. The van der Waals surface area contributed by atoms with E-state index in [4.69, 9.17) is 16.3 Å². The molecule has 4 nitrogen and oxygen atoms in total. The fourth-order valence-electron chi connectivity index (χ4n) is 0.525. The molecule has 1 unspecified atom stereocenters. The molecule has 11 heavy (non-hydrogen) atoms. The second-order valence-electron chi connectivity index (χ2n) is 2.15. The van der Waals surface area contributed by atoms with Gasteiger partial charge in [0.15, 0.2) is 5.56 Å². The molecule has 0 heterocycles. The van der Waals surface area contributed by atoms with Gasteiger partial charge in [-0.3, -0.25) is 10.1 Å². The molecule has 5 heteroatoms. The summed E-state index contributed by atoms with van der Waals surface area (Å²) in [5.74, 6) is 0. The Hall–Kier alpha value is -0.350. The molecule has 0 fully saturated rings. The third-order valence-corrected chi connectivity index (χ3v) is 1.35. The molecule has 0 N–H and O–H groups in total. The molecule has 0 bridgehead atoms. The Labute approximate surface area is 70.6 Å². The minimum Gasteiger partial charge on any atom is -0.356 e. The summed E-state index contributed by atoms with van der Waals surface area (Å²) in [6.07, 6.45) is 1.89. The largest absolute Gasteiger partial charge is 0.356 e. The molecule has 0 aromatic carbocycles. The average molecular weight is 182 g/mol. The van der Waals surface area contributed by atoms with Crippen molar-refractivity contribution in [1.29, 1.82) is 0 Å². The molecule has 1 atom stereocenters. The summed E-state index contributed by atoms with van der Waals surface area (Å²) in [6, 6.07) is 0. The lowest BCUT2D eigenvalue weighted by Gasteiger charge is -2.04. The minimum atomic E-state index is -0.781. The van der Waals surface area contributed by atoms with Gasteiger partial charge in [-0.1, -0.05) is 24.9 Å². The summed E-state index contributed by atoms with van der Waals surface area (Å²) in [7, 11) is 0. The highest BCUT2D eigenvalue weighted by atomic mass is 35.5. The first-order valence-corrected chi connectivity index (χ1v) is 3.98. The van der Waals surface area contributed by atoms with Crippen molar-refractivity contribution in [3.63, 3.8) is 0 Å². The first-order chi connectivity index (χ1) is 5.16. The molecular formula is C6H12ClNO3. The molecule has 0 spiro atoms. The van der Waals surface area contributed by atoms with Crippen molar-refractivity contribution in [2.75, 3.05) is 13.2 Å². The lowest BCUT2D eigenvalue weighted by Crippen LogP contribution is -2.17. The van der Waals surface area contributed by atoms with Crippen molar-refractivity contribution in [3.05, 3.63) is 10.1 Å². The van der Waals surface area contributed by atoms with E-state index >= 15 is 0 Å². The van der Waals surface area contributed by atoms with Gasteiger partial charge < -0.3 is 4.74 Å². The van der Waals surface area contributed by atoms with Crippen LogP contribution < -0.4 is 0 Å². The highest BCUT2D eigenvalue weighted by Gasteiger charge is 2.10. The first-order valence-electron chi connectivity index (χ1n) is 3.54. The van der Waals surface area contributed by atoms with E-state index in [9.17, 15) is 10.1 Å². The Bertz CT molecular complexity index is 120. The van der Waals surface area contributed by atoms with Crippen LogP contribution in [-0.2, 0) is 4.74 Å². The van der Waals surface area contributed by atoms with Crippen molar-refractivity contribution in [1.82, 2.24) is 0 Å². The molecule has 66 valence electrons. The van der Waals surface area contributed by atoms with Crippen LogP contribution in [0.15, 0.2) is 0 Å². The number of alkyl halides is 1. The molecule has 0 saturated heterocycles. The van der Waals surface area contributed by atoms with Gasteiger partial charge in [0, 0.05) is 11.5 Å². The summed E-state index contributed by atoms with van der Waals surface area (Å²) < 4.78 is 4.92. The Morgan fingerprint density at radius 1 is 1.73 bits per heavy atom. The maximum absolute atomic E-state index is 9.88. The minimum absolute atomic E-state index is 0.328. The lowest BCUT2D eigenvalue weighted by molar-refractivity contribution is -0.486. The monoisotopic (exact) mass is 181 g/mol. The maximum Gasteiger partial charge on any atom is 0.243 e. The van der Waals surface area contributed by atoms with E-state index in [1.807, 2.05) is 6.92 Å². The number of halogens is 1. The first kappa shape index (κ1) is 10.7. The van der Waals surface area contributed by atoms with E-state index in [0.29, 0.717) is 6.61 Å². The van der Waals surface area contributed by atoms with Crippen molar-refractivity contribution in [3.8, 4) is 0 Å². The predicted molar refractivity (Wildman–Crippen MR) is 42.4 cm³/mol. The summed E-state index contributed by atoms with van der Waals surface area (Å²) in [5, 5.41) is 9.88. The van der Waals surface area contributed by atoms with Crippen LogP contribution in [0.5, 0.6) is 0 Å². The van der Waals surface area contributed by atoms with Crippen LogP contribution in [0.3, 0.4) is 0 Å². The zero-order valence-electron chi connectivity index (χ0n) is 6.46. The van der Waals surface area contributed by atoms with Crippen LogP contribution in [0.1, 0.15) is 19.8 Å². The number of nitrogens with zero attached hydrogens (tertiary/aromatic N) is 1. The third kappa shape index (κ3) is 7.55. The maximum atomic E-state index is 9.88. The smallest absolute Gasteiger partial charge is 0.243 e. The Kier molecular flexibility index (Phi) is 6.16. The lowest BCUT2D eigenvalue weighted by atomic mass is 10.4. The molecule has 0 aliphatic heterocycles. The highest BCUT2D eigenvalue weighted by molar-refractivity contribution is 6.19. The van der Waals surface area contributed by atoms with E-state index < -0.39 is 10.5 Å². The molecule has 0 aliphatic carbocycles. The normalized spacial score (nSPS) is 12.9. The van der Waals surface area contributed by atoms with Crippen molar-refractivity contribution < 1.29 is 9.66 Å². The van der Waals surface area contributed by atoms with Gasteiger partial charge in [-0.05, 0) is 6.42 Å². The number of rotatable bonds is 6. The Morgan fingerprint density at radius 3 is 2.82 bits per heavy atom. The van der Waals surface area contributed by atoms with Crippen molar-refractivity contribution in [2.45, 2.75) is 25.3 Å². The summed E-state index contributed by atoms with van der Waals surface area (Å²) in [4.78, 5) is 9.40. The van der Waals surface area contributed by atoms with Crippen LogP contribution in [0, 0.1) is 10.1 Å². The zero-order valence-corrected chi connectivity index (χ0v) is 7.21. The Morgan fingerprint density at radius 2 is 2.36 bits per heavy atom. The van der Waals surface area contributed by atoms with Crippen molar-refractivity contribution >= 4 is 11.6 Å². The van der Waals surface area contributed by atoms with E-state index in [2.05, 4.69) is 0 Å². The number of hydrogen-bond donors (Lipinski definition) is 0. The van der Waals surface area contributed by atoms with Crippen molar-refractivity contribution in [2.24, 2.45) is 0 Å². The van der Waals surface area contributed by atoms with Crippen LogP contribution in [-0.4, -0.2) is 23.6 Å². The summed E-state index contributed by atoms with van der Waals surface area (Å²) in [6.45, 7) is 2.18. The molecule has 0 aromatic heterocycles. The van der Waals surface area contributed by atoms with Gasteiger partial charge in [0.1, 0.15) is 0 Å². The van der Waals surface area contributed by atoms with E-state index in [1.54, 1.807) is 0 Å². The van der Waals surface area contributed by atoms with Crippen LogP contribution in [0.25, 0.3) is 0 Å². The van der Waals surface area contributed by atoms with Crippen LogP contribution in [0.4, 0.5) is 0 Å². The predicted octanol–water partition coefficient (Wildman–Crippen LogP) is 1.64. The van der Waals surface area contributed by atoms with Gasteiger partial charge >= 0.3 is 0 Å². The van der Waals surface area contributed by atoms with Crippen LogP contribution >= 0.6 is 11.6 Å². The molecule has 0 rings (SSSR count). The number of nitro groups is 1. The van der Waals surface area contributed by atoms with Gasteiger partial charge in [-0.25, -0.2) is 0 Å². The molecule has 0 saturated carbocycles. The van der Waals surface area contributed by atoms with E-state index in [-0.39, 0.29) is 6.54 Å². The third-order valence-electron chi connectivity index (χ3n) is 1.09. The fraction of sp³-hybridized carbons (Fsp3) is 1.00. The number of hydrogen-bond acceptors (Lipinski definition) is 3. The highest BCUT2D eigenvalue weighted by Crippen LogP contribution is 2.00. The summed E-state index contributed by atoms with van der Waals surface area (Å²) in [5.41, 5.74) is -0.781. The van der Waals surface area contributed by atoms with Crippen LogP contribution in [0.2, 0.25) is 0 Å². The Balaban J connectivity index is 3.22. The molecule has 0 radical (unpaired) electrons. The van der Waals surface area contributed by atoms with Gasteiger partial charge in [-0.15, -0.1) is 0 Å². The standard InChI is InChI=1S/C6H12ClNO3/c1-2-3-4-11-6(7)5-8(9)10/h6H,2-5H2,1H3.